The highest BCUT2D eigenvalue weighted by molar-refractivity contribution is 7.08. The summed E-state index contributed by atoms with van der Waals surface area (Å²) < 4.78 is 4.87. The Morgan fingerprint density at radius 3 is 2.75 bits per heavy atom. The fourth-order valence-corrected chi connectivity index (χ4v) is 2.50. The summed E-state index contributed by atoms with van der Waals surface area (Å²) in [5, 5.41) is 18.1. The zero-order chi connectivity index (χ0) is 15.0. The number of nitrogens with one attached hydrogen (secondary N) is 2. The highest BCUT2D eigenvalue weighted by atomic mass is 32.1. The van der Waals surface area contributed by atoms with E-state index in [1.54, 1.807) is 18.4 Å². The number of aliphatic carboxylic acids is 1. The van der Waals surface area contributed by atoms with Crippen LogP contribution in [-0.2, 0) is 16.1 Å². The quantitative estimate of drug-likeness (QED) is 0.638. The van der Waals surface area contributed by atoms with Gasteiger partial charge in [0, 0.05) is 20.3 Å². The monoisotopic (exact) mass is 300 g/mol. The Hall–Kier alpha value is -1.60. The van der Waals surface area contributed by atoms with Gasteiger partial charge in [-0.1, -0.05) is 0 Å². The number of rotatable bonds is 8. The Kier molecular flexibility index (Phi) is 7.03. The number of thiophene rings is 1. The topological polar surface area (TPSA) is 87.7 Å². The molecule has 0 aliphatic carbocycles. The molecule has 0 spiro atoms. The number of carboxylic acid groups (broad SMARTS) is 1. The number of hydrogen-bond acceptors (Lipinski definition) is 4. The smallest absolute Gasteiger partial charge is 0.326 e. The first-order valence-corrected chi connectivity index (χ1v) is 7.26. The lowest BCUT2D eigenvalue weighted by molar-refractivity contribution is -0.139. The predicted molar refractivity (Wildman–Crippen MR) is 77.0 cm³/mol. The van der Waals surface area contributed by atoms with Crippen LogP contribution < -0.4 is 10.6 Å². The van der Waals surface area contributed by atoms with Gasteiger partial charge in [-0.3, -0.25) is 0 Å². The second-order valence-corrected chi connectivity index (χ2v) is 5.18. The lowest BCUT2D eigenvalue weighted by atomic mass is 10.1. The SMILES string of the molecule is COCCCC(NC(=O)NCc1cscc1C)C(=O)O. The van der Waals surface area contributed by atoms with E-state index >= 15 is 0 Å². The highest BCUT2D eigenvalue weighted by Crippen LogP contribution is 2.12. The van der Waals surface area contributed by atoms with Crippen molar-refractivity contribution in [2.24, 2.45) is 0 Å². The summed E-state index contributed by atoms with van der Waals surface area (Å²) in [4.78, 5) is 22.7. The second-order valence-electron chi connectivity index (χ2n) is 4.43. The number of hydrogen-bond donors (Lipinski definition) is 3. The average molecular weight is 300 g/mol. The minimum Gasteiger partial charge on any atom is -0.480 e. The first kappa shape index (κ1) is 16.5. The zero-order valence-electron chi connectivity index (χ0n) is 11.6. The van der Waals surface area contributed by atoms with Crippen molar-refractivity contribution < 1.29 is 19.4 Å². The van der Waals surface area contributed by atoms with Crippen LogP contribution >= 0.6 is 11.3 Å². The van der Waals surface area contributed by atoms with Gasteiger partial charge in [-0.05, 0) is 41.7 Å². The Bertz CT molecular complexity index is 447. The second kappa shape index (κ2) is 8.55. The van der Waals surface area contributed by atoms with E-state index in [9.17, 15) is 9.59 Å². The molecule has 20 heavy (non-hydrogen) atoms. The molecule has 0 aliphatic rings. The van der Waals surface area contributed by atoms with Gasteiger partial charge in [0.2, 0.25) is 0 Å². The van der Waals surface area contributed by atoms with Gasteiger partial charge < -0.3 is 20.5 Å². The van der Waals surface area contributed by atoms with Gasteiger partial charge in [0.25, 0.3) is 0 Å². The van der Waals surface area contributed by atoms with E-state index < -0.39 is 18.0 Å². The van der Waals surface area contributed by atoms with E-state index in [0.717, 1.165) is 11.1 Å². The molecule has 1 unspecified atom stereocenters. The summed E-state index contributed by atoms with van der Waals surface area (Å²) in [5.41, 5.74) is 2.15. The number of ether oxygens (including phenoxy) is 1. The van der Waals surface area contributed by atoms with Gasteiger partial charge >= 0.3 is 12.0 Å². The lowest BCUT2D eigenvalue weighted by Crippen LogP contribution is -2.45. The Labute approximate surface area is 122 Å². The van der Waals surface area contributed by atoms with E-state index in [-0.39, 0.29) is 0 Å². The summed E-state index contributed by atoms with van der Waals surface area (Å²) in [5.74, 6) is -1.04. The summed E-state index contributed by atoms with van der Waals surface area (Å²) in [6.07, 6.45) is 0.922. The van der Waals surface area contributed by atoms with Crippen LogP contribution in [0.4, 0.5) is 4.79 Å². The number of aryl methyl sites for hydroxylation is 1. The van der Waals surface area contributed by atoms with Gasteiger partial charge in [0.05, 0.1) is 0 Å². The predicted octanol–water partition coefficient (Wildman–Crippen LogP) is 1.74. The van der Waals surface area contributed by atoms with E-state index in [1.807, 2.05) is 17.7 Å². The molecule has 1 atom stereocenters. The molecular weight excluding hydrogens is 280 g/mol. The van der Waals surface area contributed by atoms with Gasteiger partial charge in [-0.15, -0.1) is 0 Å². The summed E-state index contributed by atoms with van der Waals surface area (Å²) in [7, 11) is 1.55. The maximum atomic E-state index is 11.7. The third-order valence-corrected chi connectivity index (χ3v) is 3.76. The van der Waals surface area contributed by atoms with Gasteiger partial charge in [-0.2, -0.15) is 11.3 Å². The van der Waals surface area contributed by atoms with Crippen LogP contribution in [-0.4, -0.2) is 36.9 Å². The maximum Gasteiger partial charge on any atom is 0.326 e. The van der Waals surface area contributed by atoms with Crippen molar-refractivity contribution in [2.75, 3.05) is 13.7 Å². The average Bonchev–Trinajstić information content (AvgIpc) is 2.81. The van der Waals surface area contributed by atoms with Crippen molar-refractivity contribution >= 4 is 23.3 Å². The molecule has 1 aromatic rings. The van der Waals surface area contributed by atoms with Crippen LogP contribution in [0.25, 0.3) is 0 Å². The van der Waals surface area contributed by atoms with E-state index in [1.165, 1.54) is 0 Å². The number of methoxy groups -OCH3 is 1. The summed E-state index contributed by atoms with van der Waals surface area (Å²) in [6, 6.07) is -1.37. The van der Waals surface area contributed by atoms with Gasteiger partial charge in [0.1, 0.15) is 6.04 Å². The molecule has 0 saturated carbocycles. The first-order chi connectivity index (χ1) is 9.54. The minimum absolute atomic E-state index is 0.341. The van der Waals surface area contributed by atoms with Gasteiger partial charge in [0.15, 0.2) is 0 Å². The molecule has 7 heteroatoms. The molecule has 1 heterocycles. The zero-order valence-corrected chi connectivity index (χ0v) is 12.5. The van der Waals surface area contributed by atoms with Crippen molar-refractivity contribution in [2.45, 2.75) is 32.4 Å². The van der Waals surface area contributed by atoms with Crippen molar-refractivity contribution in [3.05, 3.63) is 21.9 Å². The van der Waals surface area contributed by atoms with E-state index in [4.69, 9.17) is 9.84 Å². The molecule has 0 saturated heterocycles. The van der Waals surface area contributed by atoms with Crippen LogP contribution in [0, 0.1) is 6.92 Å². The van der Waals surface area contributed by atoms with Crippen molar-refractivity contribution in [3.63, 3.8) is 0 Å². The van der Waals surface area contributed by atoms with Crippen LogP contribution in [0.2, 0.25) is 0 Å². The van der Waals surface area contributed by atoms with Crippen LogP contribution in [0.15, 0.2) is 10.8 Å². The number of carboxylic acids is 1. The number of carbonyl (C=O) groups is 2. The summed E-state index contributed by atoms with van der Waals surface area (Å²) in [6.45, 7) is 2.84. The van der Waals surface area contributed by atoms with E-state index in [2.05, 4.69) is 10.6 Å². The minimum atomic E-state index is -1.04. The van der Waals surface area contributed by atoms with Gasteiger partial charge in [-0.25, -0.2) is 9.59 Å². The molecule has 0 aliphatic heterocycles. The molecule has 0 aromatic carbocycles. The van der Waals surface area contributed by atoms with Crippen LogP contribution in [0.1, 0.15) is 24.0 Å². The molecule has 2 amide bonds. The van der Waals surface area contributed by atoms with E-state index in [0.29, 0.717) is 26.0 Å². The van der Waals surface area contributed by atoms with Crippen molar-refractivity contribution in [1.29, 1.82) is 0 Å². The largest absolute Gasteiger partial charge is 0.480 e. The Morgan fingerprint density at radius 2 is 2.20 bits per heavy atom. The van der Waals surface area contributed by atoms with Crippen molar-refractivity contribution in [1.82, 2.24) is 10.6 Å². The molecule has 1 rings (SSSR count). The molecule has 0 radical (unpaired) electrons. The molecule has 0 fully saturated rings. The third kappa shape index (κ3) is 5.58. The molecular formula is C13H20N2O4S. The fourth-order valence-electron chi connectivity index (χ4n) is 1.64. The number of urea groups is 1. The third-order valence-electron chi connectivity index (χ3n) is 2.85. The Balaban J connectivity index is 2.38. The Morgan fingerprint density at radius 1 is 1.45 bits per heavy atom. The standard InChI is InChI=1S/C13H20N2O4S/c1-9-7-20-8-10(9)6-14-13(18)15-11(12(16)17)4-3-5-19-2/h7-8,11H,3-6H2,1-2H3,(H,16,17)(H2,14,15,18). The first-order valence-electron chi connectivity index (χ1n) is 6.32. The molecule has 112 valence electrons. The number of carbonyl (C=O) groups excluding carboxylic acids is 1. The maximum absolute atomic E-state index is 11.7. The van der Waals surface area contributed by atoms with Crippen LogP contribution in [0.3, 0.4) is 0 Å². The fraction of sp³-hybridized carbons (Fsp3) is 0.538. The number of amides is 2. The van der Waals surface area contributed by atoms with Crippen molar-refractivity contribution in [3.8, 4) is 0 Å². The highest BCUT2D eigenvalue weighted by Gasteiger charge is 2.19. The van der Waals surface area contributed by atoms with Crippen LogP contribution in [0.5, 0.6) is 0 Å². The molecule has 3 N–H and O–H groups in total. The molecule has 0 bridgehead atoms. The molecule has 6 nitrogen and oxygen atoms in total. The molecule has 1 aromatic heterocycles. The lowest BCUT2D eigenvalue weighted by Gasteiger charge is -2.15. The summed E-state index contributed by atoms with van der Waals surface area (Å²) >= 11 is 1.57. The normalized spacial score (nSPS) is 11.9.